The van der Waals surface area contributed by atoms with Crippen LogP contribution in [0.2, 0.25) is 0 Å². The topological polar surface area (TPSA) is 20.2 Å². The Hall–Kier alpha value is -0.300. The fraction of sp³-hybridized carbons (Fsp3) is 0.935. The first kappa shape index (κ1) is 24.8. The van der Waals surface area contributed by atoms with E-state index in [4.69, 9.17) is 0 Å². The first-order valence-electron chi connectivity index (χ1n) is 14.4. The summed E-state index contributed by atoms with van der Waals surface area (Å²) in [6.45, 7) is 20.0. The smallest absolute Gasteiger partial charge is 0.0568 e. The maximum absolute atomic E-state index is 10.6. The van der Waals surface area contributed by atoms with E-state index in [1.54, 1.807) is 5.57 Å². The molecule has 0 aromatic rings. The van der Waals surface area contributed by atoms with Crippen molar-refractivity contribution in [1.29, 1.82) is 0 Å². The molecular weight excluding hydrogens is 388 g/mol. The van der Waals surface area contributed by atoms with Gasteiger partial charge in [0.2, 0.25) is 0 Å². The van der Waals surface area contributed by atoms with Gasteiger partial charge >= 0.3 is 0 Å². The molecule has 0 aromatic carbocycles. The zero-order valence-corrected chi connectivity index (χ0v) is 22.7. The van der Waals surface area contributed by atoms with Gasteiger partial charge in [-0.05, 0) is 122 Å². The second-order valence-corrected chi connectivity index (χ2v) is 13.9. The Morgan fingerprint density at radius 3 is 2.19 bits per heavy atom. The van der Waals surface area contributed by atoms with Gasteiger partial charge in [-0.2, -0.15) is 0 Å². The van der Waals surface area contributed by atoms with Gasteiger partial charge in [0.15, 0.2) is 0 Å². The van der Waals surface area contributed by atoms with Crippen molar-refractivity contribution in [2.45, 2.75) is 126 Å². The summed E-state index contributed by atoms with van der Waals surface area (Å²) in [6, 6.07) is 0. The van der Waals surface area contributed by atoms with Crippen LogP contribution < -0.4 is 0 Å². The molecule has 10 atom stereocenters. The van der Waals surface area contributed by atoms with Crippen LogP contribution in [0.15, 0.2) is 11.6 Å². The Morgan fingerprint density at radius 2 is 1.53 bits per heavy atom. The highest BCUT2D eigenvalue weighted by molar-refractivity contribution is 5.16. The van der Waals surface area contributed by atoms with Gasteiger partial charge in [-0.1, -0.05) is 67.0 Å². The van der Waals surface area contributed by atoms with Crippen LogP contribution in [-0.4, -0.2) is 11.2 Å². The fourth-order valence-electron chi connectivity index (χ4n) is 10.4. The Balaban J connectivity index is 1.56. The van der Waals surface area contributed by atoms with Crippen molar-refractivity contribution in [3.05, 3.63) is 11.6 Å². The number of hydrogen-bond donors (Lipinski definition) is 1. The van der Waals surface area contributed by atoms with Crippen LogP contribution in [0.5, 0.6) is 0 Å². The van der Waals surface area contributed by atoms with Gasteiger partial charge in [0.05, 0.1) is 6.10 Å². The van der Waals surface area contributed by atoms with Crippen molar-refractivity contribution >= 4 is 0 Å². The predicted octanol–water partition coefficient (Wildman–Crippen LogP) is 8.66. The van der Waals surface area contributed by atoms with Gasteiger partial charge in [0, 0.05) is 0 Å². The molecule has 0 spiro atoms. The standard InChI is InChI=1S/C31H54O/c1-9-23(20(2)3)11-10-21(4)24-14-18-31(8)27-13-12-25-22(5)28(32)16-17-29(25,6)26(27)15-19-30(24,31)7/h11,20-22,24-28,32H,9-10,12-19H2,1-8H3/b23-11-/t21-,22+,24-,25+,26+,27-,28+,29+,30-,31+/m1/s1. The minimum atomic E-state index is -0.0577. The summed E-state index contributed by atoms with van der Waals surface area (Å²) in [5, 5.41) is 10.6. The lowest BCUT2D eigenvalue weighted by molar-refractivity contribution is -0.178. The quantitative estimate of drug-likeness (QED) is 0.422. The van der Waals surface area contributed by atoms with E-state index in [9.17, 15) is 5.11 Å². The van der Waals surface area contributed by atoms with Crippen LogP contribution in [0.25, 0.3) is 0 Å². The highest BCUT2D eigenvalue weighted by Crippen LogP contribution is 2.73. The second kappa shape index (κ2) is 8.73. The van der Waals surface area contributed by atoms with Crippen molar-refractivity contribution in [3.8, 4) is 0 Å². The first-order chi connectivity index (χ1) is 15.0. The summed E-state index contributed by atoms with van der Waals surface area (Å²) in [7, 11) is 0. The third-order valence-corrected chi connectivity index (χ3v) is 12.7. The van der Waals surface area contributed by atoms with Crippen molar-refractivity contribution in [1.82, 2.24) is 0 Å². The Bertz CT molecular complexity index is 707. The lowest BCUT2D eigenvalue weighted by Crippen LogP contribution is -2.59. The van der Waals surface area contributed by atoms with Crippen LogP contribution >= 0.6 is 0 Å². The van der Waals surface area contributed by atoms with E-state index < -0.39 is 0 Å². The molecule has 4 rings (SSSR count). The average Bonchev–Trinajstić information content (AvgIpc) is 3.02. The average molecular weight is 443 g/mol. The molecule has 0 aromatic heterocycles. The van der Waals surface area contributed by atoms with Crippen molar-refractivity contribution < 1.29 is 5.11 Å². The van der Waals surface area contributed by atoms with E-state index in [0.29, 0.717) is 28.1 Å². The maximum Gasteiger partial charge on any atom is 0.0568 e. The maximum atomic E-state index is 10.6. The Labute approximate surface area is 200 Å². The third-order valence-electron chi connectivity index (χ3n) is 12.7. The Kier molecular flexibility index (Phi) is 6.77. The van der Waals surface area contributed by atoms with Gasteiger partial charge < -0.3 is 5.11 Å². The van der Waals surface area contributed by atoms with Gasteiger partial charge in [-0.3, -0.25) is 0 Å². The summed E-state index contributed by atoms with van der Waals surface area (Å²) >= 11 is 0. The molecule has 1 N–H and O–H groups in total. The molecule has 0 amide bonds. The zero-order valence-electron chi connectivity index (χ0n) is 22.7. The number of rotatable bonds is 5. The summed E-state index contributed by atoms with van der Waals surface area (Å²) in [6.07, 6.45) is 15.9. The molecule has 4 aliphatic carbocycles. The highest BCUT2D eigenvalue weighted by atomic mass is 16.3. The molecule has 4 saturated carbocycles. The highest BCUT2D eigenvalue weighted by Gasteiger charge is 2.66. The monoisotopic (exact) mass is 442 g/mol. The predicted molar refractivity (Wildman–Crippen MR) is 137 cm³/mol. The van der Waals surface area contributed by atoms with E-state index in [0.717, 1.165) is 36.0 Å². The summed E-state index contributed by atoms with van der Waals surface area (Å²) in [5.41, 5.74) is 3.14. The molecule has 0 radical (unpaired) electrons. The van der Waals surface area contributed by atoms with Crippen LogP contribution in [0.4, 0.5) is 0 Å². The van der Waals surface area contributed by atoms with Gasteiger partial charge in [0.1, 0.15) is 0 Å². The molecular formula is C31H54O. The van der Waals surface area contributed by atoms with E-state index in [1.807, 2.05) is 0 Å². The van der Waals surface area contributed by atoms with E-state index in [-0.39, 0.29) is 6.10 Å². The van der Waals surface area contributed by atoms with Crippen molar-refractivity contribution in [3.63, 3.8) is 0 Å². The second-order valence-electron chi connectivity index (χ2n) is 13.9. The molecule has 0 heterocycles. The molecule has 1 heteroatoms. The van der Waals surface area contributed by atoms with Gasteiger partial charge in [-0.25, -0.2) is 0 Å². The van der Waals surface area contributed by atoms with Crippen molar-refractivity contribution in [2.24, 2.45) is 57.7 Å². The van der Waals surface area contributed by atoms with Crippen LogP contribution in [0, 0.1) is 57.7 Å². The lowest BCUT2D eigenvalue weighted by atomic mass is 9.39. The first-order valence-corrected chi connectivity index (χ1v) is 14.4. The minimum Gasteiger partial charge on any atom is -0.393 e. The normalized spacial score (nSPS) is 50.0. The summed E-state index contributed by atoms with van der Waals surface area (Å²) in [4.78, 5) is 0. The number of allylic oxidation sites excluding steroid dienone is 2. The third kappa shape index (κ3) is 3.58. The molecule has 0 unspecified atom stereocenters. The summed E-state index contributed by atoms with van der Waals surface area (Å²) in [5.74, 6) is 5.40. The molecule has 0 bridgehead atoms. The molecule has 0 aliphatic heterocycles. The zero-order chi connectivity index (χ0) is 23.5. The van der Waals surface area contributed by atoms with Gasteiger partial charge in [-0.15, -0.1) is 0 Å². The fourth-order valence-corrected chi connectivity index (χ4v) is 10.4. The van der Waals surface area contributed by atoms with Crippen LogP contribution in [0.1, 0.15) is 120 Å². The van der Waals surface area contributed by atoms with E-state index in [2.05, 4.69) is 61.5 Å². The number of hydrogen-bond acceptors (Lipinski definition) is 1. The van der Waals surface area contributed by atoms with Crippen molar-refractivity contribution in [2.75, 3.05) is 0 Å². The number of aliphatic hydroxyl groups is 1. The molecule has 0 saturated heterocycles. The molecule has 4 fully saturated rings. The number of fused-ring (bicyclic) bond motifs is 5. The molecule has 32 heavy (non-hydrogen) atoms. The Morgan fingerprint density at radius 1 is 0.875 bits per heavy atom. The van der Waals surface area contributed by atoms with E-state index in [1.165, 1.54) is 57.8 Å². The minimum absolute atomic E-state index is 0.0577. The van der Waals surface area contributed by atoms with Crippen LogP contribution in [0.3, 0.4) is 0 Å². The number of aliphatic hydroxyl groups excluding tert-OH is 1. The SMILES string of the molecule is CC/C(=C/C[C@@H](C)[C@H]1CC[C@@]2(C)[C@@H]3CC[C@H]4[C@H](C)[C@@H](O)CC[C@]4(C)[C@H]3CC[C@]12C)C(C)C. The molecule has 184 valence electrons. The summed E-state index contributed by atoms with van der Waals surface area (Å²) < 4.78 is 0. The van der Waals surface area contributed by atoms with Crippen LogP contribution in [-0.2, 0) is 0 Å². The largest absolute Gasteiger partial charge is 0.393 e. The molecule has 1 nitrogen and oxygen atoms in total. The van der Waals surface area contributed by atoms with Gasteiger partial charge in [0.25, 0.3) is 0 Å². The lowest BCUT2D eigenvalue weighted by Gasteiger charge is -2.66. The van der Waals surface area contributed by atoms with E-state index >= 15 is 0 Å². The molecule has 4 aliphatic rings.